The smallest absolute Gasteiger partial charge is 0.225 e. The average molecular weight is 354 g/mol. The summed E-state index contributed by atoms with van der Waals surface area (Å²) in [5, 5.41) is 2.71. The standard InChI is InChI=1S/C21H26N2O3/c1-3-4-5-15-26-18-11-9-17(10-12-18)19(24)13-14-21(25)23-20-8-6-7-16(2)22-20/h6-12H,3-5,13-15H2,1-2H3,(H,22,23,25). The molecular weight excluding hydrogens is 328 g/mol. The summed E-state index contributed by atoms with van der Waals surface area (Å²) < 4.78 is 5.63. The molecule has 26 heavy (non-hydrogen) atoms. The number of hydrogen-bond acceptors (Lipinski definition) is 4. The molecule has 0 atom stereocenters. The molecule has 1 aromatic heterocycles. The minimum atomic E-state index is -0.215. The maximum Gasteiger partial charge on any atom is 0.225 e. The summed E-state index contributed by atoms with van der Waals surface area (Å²) in [6.45, 7) is 4.70. The zero-order chi connectivity index (χ0) is 18.8. The van der Waals surface area contributed by atoms with Gasteiger partial charge in [0.15, 0.2) is 5.78 Å². The quantitative estimate of drug-likeness (QED) is 0.502. The largest absolute Gasteiger partial charge is 0.494 e. The van der Waals surface area contributed by atoms with Gasteiger partial charge in [-0.25, -0.2) is 4.98 Å². The number of carbonyl (C=O) groups is 2. The van der Waals surface area contributed by atoms with Gasteiger partial charge in [-0.05, 0) is 49.7 Å². The van der Waals surface area contributed by atoms with Crippen molar-refractivity contribution in [1.29, 1.82) is 0 Å². The number of anilines is 1. The molecule has 0 radical (unpaired) electrons. The Bertz CT molecular complexity index is 726. The number of amides is 1. The third kappa shape index (κ3) is 6.67. The summed E-state index contributed by atoms with van der Waals surface area (Å²) in [5.74, 6) is 0.996. The number of pyridine rings is 1. The number of hydrogen-bond donors (Lipinski definition) is 1. The molecule has 2 aromatic rings. The SMILES string of the molecule is CCCCCOc1ccc(C(=O)CCC(=O)Nc2cccc(C)n2)cc1. The van der Waals surface area contributed by atoms with Crippen LogP contribution in [0.4, 0.5) is 5.82 Å². The van der Waals surface area contributed by atoms with Gasteiger partial charge >= 0.3 is 0 Å². The van der Waals surface area contributed by atoms with Crippen molar-refractivity contribution in [1.82, 2.24) is 4.98 Å². The van der Waals surface area contributed by atoms with Gasteiger partial charge in [0.05, 0.1) is 6.61 Å². The fourth-order valence-electron chi connectivity index (χ4n) is 2.47. The molecule has 1 heterocycles. The first kappa shape index (κ1) is 19.6. The lowest BCUT2D eigenvalue weighted by molar-refractivity contribution is -0.116. The van der Waals surface area contributed by atoms with Crippen LogP contribution in [0, 0.1) is 6.92 Å². The lowest BCUT2D eigenvalue weighted by atomic mass is 10.1. The van der Waals surface area contributed by atoms with Crippen LogP contribution in [0.5, 0.6) is 5.75 Å². The highest BCUT2D eigenvalue weighted by Crippen LogP contribution is 2.15. The van der Waals surface area contributed by atoms with Crippen LogP contribution < -0.4 is 10.1 Å². The topological polar surface area (TPSA) is 68.3 Å². The number of Topliss-reactive ketones (excluding diaryl/α,β-unsaturated/α-hetero) is 1. The van der Waals surface area contributed by atoms with Crippen LogP contribution in [0.1, 0.15) is 55.1 Å². The van der Waals surface area contributed by atoms with E-state index in [1.165, 1.54) is 0 Å². The maximum atomic E-state index is 12.2. The van der Waals surface area contributed by atoms with Crippen molar-refractivity contribution in [2.75, 3.05) is 11.9 Å². The van der Waals surface area contributed by atoms with Crippen LogP contribution in [0.3, 0.4) is 0 Å². The molecule has 1 aromatic carbocycles. The summed E-state index contributed by atoms with van der Waals surface area (Å²) in [6, 6.07) is 12.5. The Morgan fingerprint density at radius 1 is 1.04 bits per heavy atom. The third-order valence-electron chi connectivity index (χ3n) is 3.93. The molecule has 0 fully saturated rings. The number of ketones is 1. The van der Waals surface area contributed by atoms with Gasteiger partial charge in [0.1, 0.15) is 11.6 Å². The van der Waals surface area contributed by atoms with E-state index in [0.717, 1.165) is 30.7 Å². The molecule has 0 saturated heterocycles. The van der Waals surface area contributed by atoms with Crippen LogP contribution in [0.25, 0.3) is 0 Å². The molecule has 0 bridgehead atoms. The Morgan fingerprint density at radius 3 is 2.50 bits per heavy atom. The maximum absolute atomic E-state index is 12.2. The summed E-state index contributed by atoms with van der Waals surface area (Å²) in [4.78, 5) is 28.4. The lowest BCUT2D eigenvalue weighted by Gasteiger charge is -2.07. The fraction of sp³-hybridized carbons (Fsp3) is 0.381. The van der Waals surface area contributed by atoms with Crippen LogP contribution >= 0.6 is 0 Å². The van der Waals surface area contributed by atoms with E-state index in [-0.39, 0.29) is 24.5 Å². The summed E-state index contributed by atoms with van der Waals surface area (Å²) in [6.07, 6.45) is 3.63. The Hall–Kier alpha value is -2.69. The Morgan fingerprint density at radius 2 is 1.81 bits per heavy atom. The highest BCUT2D eigenvalue weighted by molar-refractivity contribution is 5.99. The van der Waals surface area contributed by atoms with Crippen LogP contribution in [0.2, 0.25) is 0 Å². The minimum absolute atomic E-state index is 0.0603. The lowest BCUT2D eigenvalue weighted by Crippen LogP contribution is -2.14. The second kappa shape index (κ2) is 10.3. The van der Waals surface area contributed by atoms with Gasteiger partial charge in [0.25, 0.3) is 0 Å². The second-order valence-corrected chi connectivity index (χ2v) is 6.22. The van der Waals surface area contributed by atoms with Gasteiger partial charge in [-0.2, -0.15) is 0 Å². The Kier molecular flexibility index (Phi) is 7.80. The number of aryl methyl sites for hydroxylation is 1. The predicted octanol–water partition coefficient (Wildman–Crippen LogP) is 4.56. The molecule has 0 spiro atoms. The molecule has 5 heteroatoms. The fourth-order valence-corrected chi connectivity index (χ4v) is 2.47. The number of unbranched alkanes of at least 4 members (excludes halogenated alkanes) is 2. The molecule has 1 N–H and O–H groups in total. The number of carbonyl (C=O) groups excluding carboxylic acids is 2. The number of nitrogens with one attached hydrogen (secondary N) is 1. The van der Waals surface area contributed by atoms with Crippen molar-refractivity contribution in [3.63, 3.8) is 0 Å². The molecule has 0 saturated carbocycles. The van der Waals surface area contributed by atoms with Gasteiger partial charge in [-0.1, -0.05) is 25.8 Å². The van der Waals surface area contributed by atoms with E-state index >= 15 is 0 Å². The van der Waals surface area contributed by atoms with Crippen molar-refractivity contribution < 1.29 is 14.3 Å². The molecule has 5 nitrogen and oxygen atoms in total. The van der Waals surface area contributed by atoms with Crippen molar-refractivity contribution in [3.05, 3.63) is 53.7 Å². The van der Waals surface area contributed by atoms with Crippen molar-refractivity contribution in [2.24, 2.45) is 0 Å². The van der Waals surface area contributed by atoms with Gasteiger partial charge < -0.3 is 10.1 Å². The van der Waals surface area contributed by atoms with E-state index < -0.39 is 0 Å². The number of ether oxygens (including phenoxy) is 1. The van der Waals surface area contributed by atoms with Crippen molar-refractivity contribution >= 4 is 17.5 Å². The summed E-state index contributed by atoms with van der Waals surface area (Å²) in [5.41, 5.74) is 1.42. The predicted molar refractivity (Wildman–Crippen MR) is 103 cm³/mol. The molecule has 0 aliphatic carbocycles. The van der Waals surface area contributed by atoms with Gasteiger partial charge in [0, 0.05) is 24.1 Å². The minimum Gasteiger partial charge on any atom is -0.494 e. The van der Waals surface area contributed by atoms with Crippen LogP contribution in [-0.2, 0) is 4.79 Å². The molecule has 2 rings (SSSR count). The molecule has 0 unspecified atom stereocenters. The zero-order valence-corrected chi connectivity index (χ0v) is 15.5. The normalized spacial score (nSPS) is 10.4. The molecule has 138 valence electrons. The van der Waals surface area contributed by atoms with E-state index in [4.69, 9.17) is 4.74 Å². The third-order valence-corrected chi connectivity index (χ3v) is 3.93. The Balaban J connectivity index is 1.77. The van der Waals surface area contributed by atoms with Crippen LogP contribution in [-0.4, -0.2) is 23.3 Å². The van der Waals surface area contributed by atoms with Crippen molar-refractivity contribution in [2.45, 2.75) is 46.0 Å². The molecule has 1 amide bonds. The highest BCUT2D eigenvalue weighted by Gasteiger charge is 2.10. The zero-order valence-electron chi connectivity index (χ0n) is 15.5. The Labute approximate surface area is 154 Å². The number of nitrogens with zero attached hydrogens (tertiary/aromatic N) is 1. The number of aromatic nitrogens is 1. The summed E-state index contributed by atoms with van der Waals surface area (Å²) in [7, 11) is 0. The highest BCUT2D eigenvalue weighted by atomic mass is 16.5. The monoisotopic (exact) mass is 354 g/mol. The first-order valence-corrected chi connectivity index (χ1v) is 9.08. The first-order valence-electron chi connectivity index (χ1n) is 9.08. The van der Waals surface area contributed by atoms with Crippen molar-refractivity contribution in [3.8, 4) is 5.75 Å². The van der Waals surface area contributed by atoms with Crippen LogP contribution in [0.15, 0.2) is 42.5 Å². The van der Waals surface area contributed by atoms with Gasteiger partial charge in [-0.3, -0.25) is 9.59 Å². The number of benzene rings is 1. The van der Waals surface area contributed by atoms with E-state index in [2.05, 4.69) is 17.2 Å². The van der Waals surface area contributed by atoms with E-state index in [0.29, 0.717) is 18.0 Å². The van der Waals surface area contributed by atoms with Gasteiger partial charge in [0.2, 0.25) is 5.91 Å². The van der Waals surface area contributed by atoms with E-state index in [1.54, 1.807) is 30.3 Å². The second-order valence-electron chi connectivity index (χ2n) is 6.22. The number of rotatable bonds is 10. The summed E-state index contributed by atoms with van der Waals surface area (Å²) >= 11 is 0. The first-order chi connectivity index (χ1) is 12.6. The molecule has 0 aliphatic rings. The average Bonchev–Trinajstić information content (AvgIpc) is 2.64. The van der Waals surface area contributed by atoms with E-state index in [9.17, 15) is 9.59 Å². The van der Waals surface area contributed by atoms with E-state index in [1.807, 2.05) is 19.1 Å². The molecule has 0 aliphatic heterocycles. The molecular formula is C21H26N2O3. The van der Waals surface area contributed by atoms with Gasteiger partial charge in [-0.15, -0.1) is 0 Å².